The lowest BCUT2D eigenvalue weighted by atomic mass is 10.1. The van der Waals surface area contributed by atoms with Crippen molar-refractivity contribution >= 4 is 17.9 Å². The number of hydrogen-bond donors (Lipinski definition) is 3. The average Bonchev–Trinajstić information content (AvgIpc) is 2.28. The van der Waals surface area contributed by atoms with Gasteiger partial charge in [-0.05, 0) is 19.3 Å². The highest BCUT2D eigenvalue weighted by atomic mass is 16.4. The van der Waals surface area contributed by atoms with Crippen molar-refractivity contribution in [1.29, 1.82) is 0 Å². The molecule has 0 aromatic carbocycles. The molecule has 96 valence electrons. The smallest absolute Gasteiger partial charge is 0.326 e. The van der Waals surface area contributed by atoms with E-state index in [2.05, 4.69) is 5.32 Å². The van der Waals surface area contributed by atoms with Crippen molar-refractivity contribution in [3.05, 3.63) is 0 Å². The van der Waals surface area contributed by atoms with E-state index in [4.69, 9.17) is 10.8 Å². The number of carbonyl (C=O) groups is 3. The van der Waals surface area contributed by atoms with Crippen molar-refractivity contribution in [3.63, 3.8) is 0 Å². The molecule has 0 saturated carbocycles. The SMILES string of the molecule is NC(=O)C[C@@H](NC(=O)N1CCCCC1)C(=O)O. The number of hydrogen-bond acceptors (Lipinski definition) is 3. The van der Waals surface area contributed by atoms with Crippen LogP contribution in [-0.4, -0.2) is 47.0 Å². The van der Waals surface area contributed by atoms with Crippen LogP contribution < -0.4 is 11.1 Å². The molecule has 0 unspecified atom stereocenters. The molecule has 4 N–H and O–H groups in total. The number of piperidine rings is 1. The normalized spacial score (nSPS) is 17.3. The van der Waals surface area contributed by atoms with Gasteiger partial charge in [0, 0.05) is 13.1 Å². The van der Waals surface area contributed by atoms with Gasteiger partial charge in [0.25, 0.3) is 0 Å². The van der Waals surface area contributed by atoms with E-state index in [1.54, 1.807) is 4.90 Å². The summed E-state index contributed by atoms with van der Waals surface area (Å²) in [7, 11) is 0. The number of nitrogens with two attached hydrogens (primary N) is 1. The van der Waals surface area contributed by atoms with E-state index >= 15 is 0 Å². The molecule has 0 aromatic rings. The molecule has 0 spiro atoms. The summed E-state index contributed by atoms with van der Waals surface area (Å²) in [6.07, 6.45) is 2.52. The lowest BCUT2D eigenvalue weighted by molar-refractivity contribution is -0.141. The molecular weight excluding hydrogens is 226 g/mol. The van der Waals surface area contributed by atoms with Gasteiger partial charge in [0.2, 0.25) is 5.91 Å². The standard InChI is InChI=1S/C10H17N3O4/c11-8(14)6-7(9(15)16)12-10(17)13-4-2-1-3-5-13/h7H,1-6H2,(H2,11,14)(H,12,17)(H,15,16)/t7-/m1/s1. The monoisotopic (exact) mass is 243 g/mol. The van der Waals surface area contributed by atoms with Gasteiger partial charge in [-0.3, -0.25) is 4.79 Å². The fourth-order valence-electron chi connectivity index (χ4n) is 1.74. The molecule has 1 saturated heterocycles. The van der Waals surface area contributed by atoms with Crippen molar-refractivity contribution in [2.45, 2.75) is 31.7 Å². The van der Waals surface area contributed by atoms with Crippen LogP contribution in [0.25, 0.3) is 0 Å². The summed E-state index contributed by atoms with van der Waals surface area (Å²) in [5.41, 5.74) is 4.92. The number of amides is 3. The van der Waals surface area contributed by atoms with E-state index in [0.717, 1.165) is 19.3 Å². The first-order chi connectivity index (χ1) is 8.00. The Morgan fingerprint density at radius 2 is 1.82 bits per heavy atom. The number of nitrogens with one attached hydrogen (secondary N) is 1. The van der Waals surface area contributed by atoms with Gasteiger partial charge in [-0.1, -0.05) is 0 Å². The maximum Gasteiger partial charge on any atom is 0.326 e. The molecule has 1 atom stereocenters. The number of carboxylic acids is 1. The van der Waals surface area contributed by atoms with Gasteiger partial charge in [-0.15, -0.1) is 0 Å². The molecule has 1 fully saturated rings. The van der Waals surface area contributed by atoms with E-state index in [1.165, 1.54) is 0 Å². The largest absolute Gasteiger partial charge is 0.480 e. The first-order valence-electron chi connectivity index (χ1n) is 5.57. The number of likely N-dealkylation sites (tertiary alicyclic amines) is 1. The number of rotatable bonds is 4. The van der Waals surface area contributed by atoms with Gasteiger partial charge in [-0.25, -0.2) is 9.59 Å². The number of aliphatic carboxylic acids is 1. The Balaban J connectivity index is 2.50. The van der Waals surface area contributed by atoms with Crippen LogP contribution >= 0.6 is 0 Å². The fourth-order valence-corrected chi connectivity index (χ4v) is 1.74. The number of primary amides is 1. The van der Waals surface area contributed by atoms with Crippen LogP contribution in [-0.2, 0) is 9.59 Å². The topological polar surface area (TPSA) is 113 Å². The van der Waals surface area contributed by atoms with Gasteiger partial charge in [0.05, 0.1) is 6.42 Å². The summed E-state index contributed by atoms with van der Waals surface area (Å²) in [6, 6.07) is -1.69. The quantitative estimate of drug-likeness (QED) is 0.618. The number of carbonyl (C=O) groups excluding carboxylic acids is 2. The zero-order valence-electron chi connectivity index (χ0n) is 9.52. The van der Waals surface area contributed by atoms with Crippen LogP contribution in [0.2, 0.25) is 0 Å². The van der Waals surface area contributed by atoms with Crippen molar-refractivity contribution < 1.29 is 19.5 Å². The summed E-state index contributed by atoms with van der Waals surface area (Å²) in [6.45, 7) is 1.24. The Labute approximate surface area is 98.9 Å². The third kappa shape index (κ3) is 4.29. The highest BCUT2D eigenvalue weighted by molar-refractivity contribution is 5.87. The van der Waals surface area contributed by atoms with E-state index in [9.17, 15) is 14.4 Å². The van der Waals surface area contributed by atoms with Crippen LogP contribution in [0.4, 0.5) is 4.79 Å². The molecule has 1 aliphatic heterocycles. The fraction of sp³-hybridized carbons (Fsp3) is 0.700. The molecule has 7 nitrogen and oxygen atoms in total. The predicted octanol–water partition coefficient (Wildman–Crippen LogP) is -0.490. The van der Waals surface area contributed by atoms with Crippen LogP contribution in [0.5, 0.6) is 0 Å². The molecule has 1 heterocycles. The molecule has 7 heteroatoms. The van der Waals surface area contributed by atoms with E-state index < -0.39 is 30.4 Å². The highest BCUT2D eigenvalue weighted by Gasteiger charge is 2.25. The van der Waals surface area contributed by atoms with Crippen LogP contribution in [0.1, 0.15) is 25.7 Å². The predicted molar refractivity (Wildman–Crippen MR) is 59.2 cm³/mol. The Bertz CT molecular complexity index is 313. The minimum atomic E-state index is -1.26. The van der Waals surface area contributed by atoms with Crippen molar-refractivity contribution in [2.24, 2.45) is 5.73 Å². The lowest BCUT2D eigenvalue weighted by Gasteiger charge is -2.28. The van der Waals surface area contributed by atoms with E-state index in [0.29, 0.717) is 13.1 Å². The maximum atomic E-state index is 11.7. The second-order valence-electron chi connectivity index (χ2n) is 4.06. The zero-order valence-corrected chi connectivity index (χ0v) is 9.52. The van der Waals surface area contributed by atoms with Gasteiger partial charge < -0.3 is 21.1 Å². The molecule has 3 amide bonds. The average molecular weight is 243 g/mol. The van der Waals surface area contributed by atoms with Gasteiger partial charge in [0.1, 0.15) is 6.04 Å². The minimum Gasteiger partial charge on any atom is -0.480 e. The van der Waals surface area contributed by atoms with Crippen LogP contribution in [0, 0.1) is 0 Å². The molecule has 17 heavy (non-hydrogen) atoms. The summed E-state index contributed by atoms with van der Waals surface area (Å²) >= 11 is 0. The van der Waals surface area contributed by atoms with Gasteiger partial charge in [-0.2, -0.15) is 0 Å². The molecule has 1 rings (SSSR count). The third-order valence-electron chi connectivity index (χ3n) is 2.64. The molecular formula is C10H17N3O4. The minimum absolute atomic E-state index is 0.394. The summed E-state index contributed by atoms with van der Waals surface area (Å²) < 4.78 is 0. The summed E-state index contributed by atoms with van der Waals surface area (Å²) in [5.74, 6) is -2.01. The van der Waals surface area contributed by atoms with Crippen molar-refractivity contribution in [2.75, 3.05) is 13.1 Å². The lowest BCUT2D eigenvalue weighted by Crippen LogP contribution is -2.50. The first-order valence-corrected chi connectivity index (χ1v) is 5.57. The number of urea groups is 1. The Morgan fingerprint density at radius 3 is 2.29 bits per heavy atom. The van der Waals surface area contributed by atoms with Crippen molar-refractivity contribution in [3.8, 4) is 0 Å². The first kappa shape index (κ1) is 13.3. The Hall–Kier alpha value is -1.79. The van der Waals surface area contributed by atoms with Gasteiger partial charge in [0.15, 0.2) is 0 Å². The maximum absolute atomic E-state index is 11.7. The highest BCUT2D eigenvalue weighted by Crippen LogP contribution is 2.08. The van der Waals surface area contributed by atoms with Crippen molar-refractivity contribution in [1.82, 2.24) is 10.2 Å². The Morgan fingerprint density at radius 1 is 1.24 bits per heavy atom. The van der Waals surface area contributed by atoms with E-state index in [-0.39, 0.29) is 0 Å². The van der Waals surface area contributed by atoms with Crippen LogP contribution in [0.15, 0.2) is 0 Å². The third-order valence-corrected chi connectivity index (χ3v) is 2.64. The molecule has 0 radical (unpaired) electrons. The Kier molecular flexibility index (Phi) is 4.74. The molecule has 0 aromatic heterocycles. The molecule has 0 bridgehead atoms. The van der Waals surface area contributed by atoms with Crippen LogP contribution in [0.3, 0.4) is 0 Å². The summed E-state index contributed by atoms with van der Waals surface area (Å²) in [5, 5.41) is 11.1. The van der Waals surface area contributed by atoms with Gasteiger partial charge >= 0.3 is 12.0 Å². The molecule has 0 aliphatic carbocycles. The zero-order chi connectivity index (χ0) is 12.8. The number of carboxylic acid groups (broad SMARTS) is 1. The second kappa shape index (κ2) is 6.07. The summed E-state index contributed by atoms with van der Waals surface area (Å²) in [4.78, 5) is 34.7. The van der Waals surface area contributed by atoms with E-state index in [1.807, 2.05) is 0 Å². The number of nitrogens with zero attached hydrogens (tertiary/aromatic N) is 1. The molecule has 1 aliphatic rings. The second-order valence-corrected chi connectivity index (χ2v) is 4.06.